The van der Waals surface area contributed by atoms with Gasteiger partial charge in [-0.15, -0.1) is 0 Å². The van der Waals surface area contributed by atoms with E-state index in [1.54, 1.807) is 0 Å². The Labute approximate surface area is 115 Å². The van der Waals surface area contributed by atoms with Gasteiger partial charge in [0.2, 0.25) is 0 Å². The molecule has 2 aromatic rings. The minimum atomic E-state index is -0.463. The van der Waals surface area contributed by atoms with Crippen molar-refractivity contribution in [3.05, 3.63) is 71.8 Å². The van der Waals surface area contributed by atoms with Gasteiger partial charge in [-0.2, -0.15) is 0 Å². The third kappa shape index (κ3) is 3.66. The lowest BCUT2D eigenvalue weighted by atomic mass is 10.0. The second-order valence-electron chi connectivity index (χ2n) is 5.00. The molecule has 0 heterocycles. The third-order valence-electron chi connectivity index (χ3n) is 3.57. The zero-order valence-corrected chi connectivity index (χ0v) is 11.5. The van der Waals surface area contributed by atoms with Crippen molar-refractivity contribution < 1.29 is 5.11 Å². The highest BCUT2D eigenvalue weighted by atomic mass is 16.3. The number of rotatable bonds is 5. The molecule has 0 saturated heterocycles. The summed E-state index contributed by atoms with van der Waals surface area (Å²) in [6.07, 6.45) is -0.463. The van der Waals surface area contributed by atoms with E-state index in [0.29, 0.717) is 0 Å². The van der Waals surface area contributed by atoms with Crippen LogP contribution >= 0.6 is 0 Å². The molecule has 0 aromatic heterocycles. The van der Waals surface area contributed by atoms with Gasteiger partial charge in [-0.25, -0.2) is 0 Å². The summed E-state index contributed by atoms with van der Waals surface area (Å²) >= 11 is 0. The molecular formula is C17H21NO. The maximum atomic E-state index is 10.4. The van der Waals surface area contributed by atoms with Gasteiger partial charge in [0.25, 0.3) is 0 Å². The van der Waals surface area contributed by atoms with Crippen LogP contribution in [0, 0.1) is 0 Å². The number of nitrogens with zero attached hydrogens (tertiary/aromatic N) is 1. The molecule has 2 heteroatoms. The van der Waals surface area contributed by atoms with Crippen LogP contribution in [0.3, 0.4) is 0 Å². The molecule has 0 saturated carbocycles. The highest BCUT2D eigenvalue weighted by Crippen LogP contribution is 2.20. The van der Waals surface area contributed by atoms with Crippen molar-refractivity contribution in [2.75, 3.05) is 7.05 Å². The smallest absolute Gasteiger partial charge is 0.0942 e. The summed E-state index contributed by atoms with van der Waals surface area (Å²) < 4.78 is 0. The molecule has 2 nitrogen and oxygen atoms in total. The first-order chi connectivity index (χ1) is 9.18. The van der Waals surface area contributed by atoms with Crippen molar-refractivity contribution in [3.8, 4) is 0 Å². The Hall–Kier alpha value is -1.64. The van der Waals surface area contributed by atoms with Crippen LogP contribution < -0.4 is 0 Å². The molecule has 0 aliphatic heterocycles. The molecule has 0 radical (unpaired) electrons. The summed E-state index contributed by atoms with van der Waals surface area (Å²) in [5.74, 6) is 0. The molecule has 0 fully saturated rings. The molecular weight excluding hydrogens is 234 g/mol. The lowest BCUT2D eigenvalue weighted by molar-refractivity contribution is 0.0688. The summed E-state index contributed by atoms with van der Waals surface area (Å²) in [6, 6.07) is 20.2. The Morgan fingerprint density at radius 2 is 1.47 bits per heavy atom. The van der Waals surface area contributed by atoms with Crippen LogP contribution in [0.1, 0.15) is 24.2 Å². The molecule has 0 aliphatic carbocycles. The normalized spacial score (nSPS) is 14.3. The lowest BCUT2D eigenvalue weighted by Crippen LogP contribution is -2.33. The molecule has 2 aromatic carbocycles. The first-order valence-corrected chi connectivity index (χ1v) is 6.65. The van der Waals surface area contributed by atoms with Gasteiger partial charge in [0.1, 0.15) is 0 Å². The van der Waals surface area contributed by atoms with Gasteiger partial charge in [-0.05, 0) is 25.1 Å². The molecule has 1 N–H and O–H groups in total. The van der Waals surface area contributed by atoms with Gasteiger partial charge in [0, 0.05) is 12.6 Å². The largest absolute Gasteiger partial charge is 0.387 e. The molecule has 0 unspecified atom stereocenters. The van der Waals surface area contributed by atoms with Gasteiger partial charge in [-0.1, -0.05) is 60.7 Å². The van der Waals surface area contributed by atoms with Crippen LogP contribution in [0.15, 0.2) is 60.7 Å². The van der Waals surface area contributed by atoms with Crippen LogP contribution in [0.2, 0.25) is 0 Å². The van der Waals surface area contributed by atoms with E-state index in [1.807, 2.05) is 55.6 Å². The molecule has 19 heavy (non-hydrogen) atoms. The number of benzene rings is 2. The number of hydrogen-bond acceptors (Lipinski definition) is 2. The van der Waals surface area contributed by atoms with E-state index in [9.17, 15) is 5.11 Å². The molecule has 0 amide bonds. The fourth-order valence-corrected chi connectivity index (χ4v) is 2.19. The van der Waals surface area contributed by atoms with Crippen LogP contribution in [0.5, 0.6) is 0 Å². The van der Waals surface area contributed by atoms with E-state index in [0.717, 1.165) is 12.1 Å². The highest BCUT2D eigenvalue weighted by molar-refractivity contribution is 5.19. The van der Waals surface area contributed by atoms with Gasteiger partial charge in [-0.3, -0.25) is 4.90 Å². The quantitative estimate of drug-likeness (QED) is 0.886. The topological polar surface area (TPSA) is 23.5 Å². The first kappa shape index (κ1) is 13.8. The van der Waals surface area contributed by atoms with E-state index in [2.05, 4.69) is 24.0 Å². The van der Waals surface area contributed by atoms with Crippen molar-refractivity contribution in [3.63, 3.8) is 0 Å². The molecule has 0 aliphatic rings. The molecule has 2 rings (SSSR count). The van der Waals surface area contributed by atoms with Gasteiger partial charge in [0.05, 0.1) is 6.10 Å². The Balaban J connectivity index is 2.01. The van der Waals surface area contributed by atoms with E-state index in [1.165, 1.54) is 5.56 Å². The zero-order chi connectivity index (χ0) is 13.7. The SMILES string of the molecule is C[C@H]([C@@H](O)c1ccccc1)N(C)Cc1ccccc1. The minimum absolute atomic E-state index is 0.0719. The fraction of sp³-hybridized carbons (Fsp3) is 0.294. The molecule has 100 valence electrons. The monoisotopic (exact) mass is 255 g/mol. The van der Waals surface area contributed by atoms with Crippen LogP contribution in [-0.4, -0.2) is 23.1 Å². The lowest BCUT2D eigenvalue weighted by Gasteiger charge is -2.29. The fourth-order valence-electron chi connectivity index (χ4n) is 2.19. The van der Waals surface area contributed by atoms with Gasteiger partial charge >= 0.3 is 0 Å². The highest BCUT2D eigenvalue weighted by Gasteiger charge is 2.20. The van der Waals surface area contributed by atoms with Crippen molar-refractivity contribution in [1.29, 1.82) is 0 Å². The van der Waals surface area contributed by atoms with Gasteiger partial charge < -0.3 is 5.11 Å². The molecule has 0 spiro atoms. The average Bonchev–Trinajstić information content (AvgIpc) is 2.47. The maximum absolute atomic E-state index is 10.4. The summed E-state index contributed by atoms with van der Waals surface area (Å²) in [4.78, 5) is 2.17. The Bertz CT molecular complexity index is 483. The minimum Gasteiger partial charge on any atom is -0.387 e. The van der Waals surface area contributed by atoms with E-state index in [4.69, 9.17) is 0 Å². The van der Waals surface area contributed by atoms with Crippen LogP contribution in [0.25, 0.3) is 0 Å². The van der Waals surface area contributed by atoms with E-state index >= 15 is 0 Å². The predicted molar refractivity (Wildman–Crippen MR) is 78.8 cm³/mol. The zero-order valence-electron chi connectivity index (χ0n) is 11.5. The third-order valence-corrected chi connectivity index (χ3v) is 3.57. The summed E-state index contributed by atoms with van der Waals surface area (Å²) in [6.45, 7) is 2.90. The van der Waals surface area contributed by atoms with Crippen molar-refractivity contribution in [2.45, 2.75) is 25.6 Å². The Kier molecular flexibility index (Phi) is 4.72. The first-order valence-electron chi connectivity index (χ1n) is 6.65. The summed E-state index contributed by atoms with van der Waals surface area (Å²) in [5.41, 5.74) is 2.23. The van der Waals surface area contributed by atoms with Gasteiger partial charge in [0.15, 0.2) is 0 Å². The summed E-state index contributed by atoms with van der Waals surface area (Å²) in [5, 5.41) is 10.4. The maximum Gasteiger partial charge on any atom is 0.0942 e. The van der Waals surface area contributed by atoms with Crippen molar-refractivity contribution in [2.24, 2.45) is 0 Å². The standard InChI is InChI=1S/C17H21NO/c1-14(17(19)16-11-7-4-8-12-16)18(2)13-15-9-5-3-6-10-15/h3-12,14,17,19H,13H2,1-2H3/t14-,17-/m1/s1. The number of likely N-dealkylation sites (N-methyl/N-ethyl adjacent to an activating group) is 1. The number of aliphatic hydroxyl groups is 1. The predicted octanol–water partition coefficient (Wildman–Crippen LogP) is 3.24. The van der Waals surface area contributed by atoms with Crippen LogP contribution in [0.4, 0.5) is 0 Å². The second-order valence-corrected chi connectivity index (χ2v) is 5.00. The molecule has 2 atom stereocenters. The summed E-state index contributed by atoms with van der Waals surface area (Å²) in [7, 11) is 2.05. The van der Waals surface area contributed by atoms with E-state index < -0.39 is 6.10 Å². The van der Waals surface area contributed by atoms with Crippen molar-refractivity contribution in [1.82, 2.24) is 4.90 Å². The Morgan fingerprint density at radius 1 is 0.947 bits per heavy atom. The Morgan fingerprint density at radius 3 is 2.05 bits per heavy atom. The number of hydrogen-bond donors (Lipinski definition) is 1. The average molecular weight is 255 g/mol. The number of aliphatic hydroxyl groups excluding tert-OH is 1. The van der Waals surface area contributed by atoms with E-state index in [-0.39, 0.29) is 6.04 Å². The van der Waals surface area contributed by atoms with Crippen LogP contribution in [-0.2, 0) is 6.54 Å². The molecule has 0 bridgehead atoms. The van der Waals surface area contributed by atoms with Crippen molar-refractivity contribution >= 4 is 0 Å². The second kappa shape index (κ2) is 6.50.